The lowest BCUT2D eigenvalue weighted by Gasteiger charge is -2.08. The fourth-order valence-corrected chi connectivity index (χ4v) is 2.75. The molecule has 0 radical (unpaired) electrons. The lowest BCUT2D eigenvalue weighted by atomic mass is 10.1. The van der Waals surface area contributed by atoms with Crippen molar-refractivity contribution in [2.75, 3.05) is 13.7 Å². The Hall–Kier alpha value is -2.67. The number of aromatic nitrogens is 1. The van der Waals surface area contributed by atoms with Gasteiger partial charge in [0, 0.05) is 29.1 Å². The van der Waals surface area contributed by atoms with Crippen LogP contribution in [0.25, 0.3) is 11.0 Å². The van der Waals surface area contributed by atoms with E-state index in [-0.39, 0.29) is 12.2 Å². The normalized spacial score (nSPS) is 11.7. The molecule has 0 amide bonds. The second kappa shape index (κ2) is 6.62. The third kappa shape index (κ3) is 3.40. The maximum Gasteiger partial charge on any atom is 0.336 e. The maximum absolute atomic E-state index is 11.5. The van der Waals surface area contributed by atoms with Crippen molar-refractivity contribution in [1.29, 1.82) is 0 Å². The third-order valence-corrected chi connectivity index (χ3v) is 4.00. The van der Waals surface area contributed by atoms with E-state index in [2.05, 4.69) is 10.1 Å². The molecule has 0 saturated heterocycles. The summed E-state index contributed by atoms with van der Waals surface area (Å²) < 4.78 is 10.9. The van der Waals surface area contributed by atoms with Crippen molar-refractivity contribution in [1.82, 2.24) is 4.98 Å². The van der Waals surface area contributed by atoms with Crippen LogP contribution < -0.4 is 10.4 Å². The molecule has 0 bridgehead atoms. The highest BCUT2D eigenvalue weighted by molar-refractivity contribution is 7.11. The molecule has 0 unspecified atom stereocenters. The molecule has 0 atom stereocenters. The number of rotatable bonds is 5. The molecule has 0 saturated carbocycles. The molecular weight excluding hydrogens is 316 g/mol. The van der Waals surface area contributed by atoms with Gasteiger partial charge in [-0.2, -0.15) is 0 Å². The Morgan fingerprint density at radius 1 is 1.39 bits per heavy atom. The van der Waals surface area contributed by atoms with Crippen molar-refractivity contribution in [2.45, 2.75) is 6.92 Å². The van der Waals surface area contributed by atoms with Crippen LogP contribution in [0, 0.1) is 6.92 Å². The van der Waals surface area contributed by atoms with Gasteiger partial charge in [0.2, 0.25) is 0 Å². The molecule has 0 spiro atoms. The number of fused-ring (bicyclic) bond motifs is 1. The van der Waals surface area contributed by atoms with Crippen molar-refractivity contribution in [3.05, 3.63) is 56.8 Å². The molecule has 3 rings (SSSR count). The summed E-state index contributed by atoms with van der Waals surface area (Å²) in [4.78, 5) is 20.5. The van der Waals surface area contributed by atoms with Crippen molar-refractivity contribution in [3.63, 3.8) is 0 Å². The minimum Gasteiger partial charge on any atom is -0.487 e. The highest BCUT2D eigenvalue weighted by atomic mass is 32.1. The smallest absolute Gasteiger partial charge is 0.336 e. The van der Waals surface area contributed by atoms with E-state index in [4.69, 9.17) is 14.0 Å². The molecule has 1 aromatic carbocycles. The molecule has 6 nitrogen and oxygen atoms in total. The summed E-state index contributed by atoms with van der Waals surface area (Å²) in [6.45, 7) is 2.06. The monoisotopic (exact) mass is 330 g/mol. The van der Waals surface area contributed by atoms with Crippen LogP contribution in [0.3, 0.4) is 0 Å². The van der Waals surface area contributed by atoms with Gasteiger partial charge in [-0.1, -0.05) is 5.16 Å². The predicted molar refractivity (Wildman–Crippen MR) is 88.4 cm³/mol. The number of hydrogen-bond donors (Lipinski definition) is 0. The standard InChI is InChI=1S/C16H14N2O4S/c1-10-7-15(19)22-14-8-11(3-4-12(10)14)21-9-13(18-20-2)16-17-5-6-23-16/h3-8H,9H2,1-2H3/b18-13-. The van der Waals surface area contributed by atoms with Gasteiger partial charge in [-0.25, -0.2) is 9.78 Å². The topological polar surface area (TPSA) is 73.9 Å². The van der Waals surface area contributed by atoms with Crippen LogP contribution in [0.5, 0.6) is 5.75 Å². The van der Waals surface area contributed by atoms with Gasteiger partial charge in [0.1, 0.15) is 30.1 Å². The predicted octanol–water partition coefficient (Wildman–Crippen LogP) is 2.99. The summed E-state index contributed by atoms with van der Waals surface area (Å²) in [5.41, 5.74) is 1.57. The van der Waals surface area contributed by atoms with Crippen molar-refractivity contribution < 1.29 is 14.0 Å². The van der Waals surface area contributed by atoms with E-state index in [1.165, 1.54) is 24.5 Å². The average molecular weight is 330 g/mol. The minimum atomic E-state index is -0.378. The molecule has 0 aliphatic rings. The highest BCUT2D eigenvalue weighted by Crippen LogP contribution is 2.22. The van der Waals surface area contributed by atoms with Crippen LogP contribution in [-0.2, 0) is 4.84 Å². The first-order valence-electron chi connectivity index (χ1n) is 6.84. The van der Waals surface area contributed by atoms with E-state index < -0.39 is 0 Å². The zero-order valence-corrected chi connectivity index (χ0v) is 13.4. The van der Waals surface area contributed by atoms with Crippen LogP contribution in [-0.4, -0.2) is 24.4 Å². The van der Waals surface area contributed by atoms with Crippen LogP contribution in [0.1, 0.15) is 10.6 Å². The summed E-state index contributed by atoms with van der Waals surface area (Å²) in [6.07, 6.45) is 1.69. The van der Waals surface area contributed by atoms with Crippen LogP contribution >= 0.6 is 11.3 Å². The number of hydrogen-bond acceptors (Lipinski definition) is 7. The van der Waals surface area contributed by atoms with Gasteiger partial charge < -0.3 is 14.0 Å². The van der Waals surface area contributed by atoms with Crippen LogP contribution in [0.15, 0.2) is 50.2 Å². The quantitative estimate of drug-likeness (QED) is 0.408. The zero-order chi connectivity index (χ0) is 16.2. The Kier molecular flexibility index (Phi) is 4.38. The molecule has 0 fully saturated rings. The van der Waals surface area contributed by atoms with Crippen molar-refractivity contribution in [3.8, 4) is 5.75 Å². The number of oxime groups is 1. The molecule has 7 heteroatoms. The first kappa shape index (κ1) is 15.2. The molecule has 23 heavy (non-hydrogen) atoms. The lowest BCUT2D eigenvalue weighted by molar-refractivity contribution is 0.210. The fourth-order valence-electron chi connectivity index (χ4n) is 2.15. The van der Waals surface area contributed by atoms with Crippen LogP contribution in [0.2, 0.25) is 0 Å². The molecule has 2 aromatic heterocycles. The Labute approximate surface area is 136 Å². The second-order valence-electron chi connectivity index (χ2n) is 4.75. The zero-order valence-electron chi connectivity index (χ0n) is 12.6. The molecule has 0 aliphatic heterocycles. The van der Waals surface area contributed by atoms with Crippen molar-refractivity contribution >= 4 is 28.0 Å². The SMILES string of the molecule is CO/N=C(/COc1ccc2c(C)cc(=O)oc2c1)c1nccs1. The van der Waals surface area contributed by atoms with Gasteiger partial charge in [0.15, 0.2) is 5.71 Å². The van der Waals surface area contributed by atoms with E-state index in [0.29, 0.717) is 17.0 Å². The average Bonchev–Trinajstić information content (AvgIpc) is 3.05. The minimum absolute atomic E-state index is 0.197. The van der Waals surface area contributed by atoms with E-state index in [9.17, 15) is 4.79 Å². The Balaban J connectivity index is 1.84. The summed E-state index contributed by atoms with van der Waals surface area (Å²) in [6, 6.07) is 6.84. The molecular formula is C16H14N2O4S. The Morgan fingerprint density at radius 3 is 3.00 bits per heavy atom. The number of aryl methyl sites for hydroxylation is 1. The van der Waals surface area contributed by atoms with E-state index >= 15 is 0 Å². The molecule has 118 valence electrons. The molecule has 0 N–H and O–H groups in total. The fraction of sp³-hybridized carbons (Fsp3) is 0.188. The first-order chi connectivity index (χ1) is 11.2. The van der Waals surface area contributed by atoms with E-state index in [1.807, 2.05) is 24.4 Å². The van der Waals surface area contributed by atoms with Gasteiger partial charge in [0.05, 0.1) is 0 Å². The summed E-state index contributed by atoms with van der Waals surface area (Å²) in [5.74, 6) is 0.576. The lowest BCUT2D eigenvalue weighted by Crippen LogP contribution is -2.13. The van der Waals surface area contributed by atoms with Gasteiger partial charge in [-0.05, 0) is 24.6 Å². The van der Waals surface area contributed by atoms with Crippen LogP contribution in [0.4, 0.5) is 0 Å². The molecule has 3 aromatic rings. The third-order valence-electron chi connectivity index (χ3n) is 3.18. The van der Waals surface area contributed by atoms with Crippen molar-refractivity contribution in [2.24, 2.45) is 5.16 Å². The van der Waals surface area contributed by atoms with Gasteiger partial charge in [-0.15, -0.1) is 11.3 Å². The Bertz CT molecular complexity index is 900. The van der Waals surface area contributed by atoms with Gasteiger partial charge in [0.25, 0.3) is 0 Å². The van der Waals surface area contributed by atoms with Gasteiger partial charge in [-0.3, -0.25) is 0 Å². The Morgan fingerprint density at radius 2 is 2.26 bits per heavy atom. The second-order valence-corrected chi connectivity index (χ2v) is 5.65. The first-order valence-corrected chi connectivity index (χ1v) is 7.72. The van der Waals surface area contributed by atoms with Gasteiger partial charge >= 0.3 is 5.63 Å². The van der Waals surface area contributed by atoms with E-state index in [0.717, 1.165) is 16.0 Å². The summed E-state index contributed by atoms with van der Waals surface area (Å²) in [7, 11) is 1.47. The molecule has 2 heterocycles. The number of ether oxygens (including phenoxy) is 1. The maximum atomic E-state index is 11.5. The van der Waals surface area contributed by atoms with E-state index in [1.54, 1.807) is 12.3 Å². The number of thiazole rings is 1. The summed E-state index contributed by atoms with van der Waals surface area (Å²) in [5, 5.41) is 7.40. The number of benzene rings is 1. The number of nitrogens with zero attached hydrogens (tertiary/aromatic N) is 2. The highest BCUT2D eigenvalue weighted by Gasteiger charge is 2.10. The summed E-state index contributed by atoms with van der Waals surface area (Å²) >= 11 is 1.45. The molecule has 0 aliphatic carbocycles. The largest absolute Gasteiger partial charge is 0.487 e.